The minimum atomic E-state index is -4.34. The van der Waals surface area contributed by atoms with Crippen LogP contribution in [0.3, 0.4) is 0 Å². The van der Waals surface area contributed by atoms with Crippen LogP contribution in [0.4, 0.5) is 0 Å². The van der Waals surface area contributed by atoms with E-state index < -0.39 is 27.3 Å². The second-order valence-corrected chi connectivity index (χ2v) is 12.5. The lowest BCUT2D eigenvalue weighted by atomic mass is 9.89. The number of nitrogens with zero attached hydrogens (tertiary/aromatic N) is 1. The van der Waals surface area contributed by atoms with Gasteiger partial charge in [0.05, 0.1) is 27.5 Å². The number of fused-ring (bicyclic) bond motifs is 1. The first-order chi connectivity index (χ1) is 19.2. The fourth-order valence-electron chi connectivity index (χ4n) is 4.57. The SMILES string of the molecule is CCOC(=O)C1=c2s/c(=C/c3ccccc3Cl)c(=O)n2C(N)=C(S(=O)(=O)c2ccccc2)C1c1ccccc1Cl. The second-order valence-electron chi connectivity index (χ2n) is 8.73. The van der Waals surface area contributed by atoms with Crippen molar-refractivity contribution in [3.63, 3.8) is 0 Å². The van der Waals surface area contributed by atoms with Crippen LogP contribution in [0.1, 0.15) is 24.0 Å². The van der Waals surface area contributed by atoms with Gasteiger partial charge in [0.15, 0.2) is 0 Å². The maximum atomic E-state index is 14.2. The predicted molar refractivity (Wildman–Crippen MR) is 158 cm³/mol. The van der Waals surface area contributed by atoms with Gasteiger partial charge in [0.2, 0.25) is 9.84 Å². The number of esters is 1. The molecule has 1 aliphatic rings. The molecule has 5 rings (SSSR count). The Labute approximate surface area is 244 Å². The zero-order chi connectivity index (χ0) is 28.6. The van der Waals surface area contributed by atoms with Gasteiger partial charge in [0, 0.05) is 10.0 Å². The monoisotopic (exact) mass is 612 g/mol. The van der Waals surface area contributed by atoms with Crippen molar-refractivity contribution in [1.29, 1.82) is 0 Å². The summed E-state index contributed by atoms with van der Waals surface area (Å²) in [4.78, 5) is 27.0. The Morgan fingerprint density at radius 3 is 2.27 bits per heavy atom. The van der Waals surface area contributed by atoms with Gasteiger partial charge in [0.1, 0.15) is 15.4 Å². The average Bonchev–Trinajstić information content (AvgIpc) is 3.26. The number of carbonyl (C=O) groups excluding carboxylic acids is 1. The molecule has 0 amide bonds. The molecule has 2 N–H and O–H groups in total. The Kier molecular flexibility index (Phi) is 7.74. The Morgan fingerprint density at radius 2 is 1.62 bits per heavy atom. The summed E-state index contributed by atoms with van der Waals surface area (Å²) in [5.74, 6) is -2.36. The Hall–Kier alpha value is -3.63. The highest BCUT2D eigenvalue weighted by atomic mass is 35.5. The summed E-state index contributed by atoms with van der Waals surface area (Å²) in [7, 11) is -4.34. The molecule has 1 atom stereocenters. The molecule has 0 spiro atoms. The van der Waals surface area contributed by atoms with Gasteiger partial charge in [-0.25, -0.2) is 13.2 Å². The van der Waals surface area contributed by atoms with E-state index in [9.17, 15) is 18.0 Å². The Morgan fingerprint density at radius 1 is 1.00 bits per heavy atom. The van der Waals surface area contributed by atoms with Crippen molar-refractivity contribution in [2.45, 2.75) is 17.7 Å². The molecule has 40 heavy (non-hydrogen) atoms. The highest BCUT2D eigenvalue weighted by Crippen LogP contribution is 2.44. The van der Waals surface area contributed by atoms with Crippen LogP contribution in [-0.4, -0.2) is 25.6 Å². The second kappa shape index (κ2) is 11.1. The van der Waals surface area contributed by atoms with Gasteiger partial charge in [0.25, 0.3) is 5.56 Å². The quantitative estimate of drug-likeness (QED) is 0.328. The number of rotatable bonds is 6. The van der Waals surface area contributed by atoms with Crippen LogP contribution in [0.25, 0.3) is 17.5 Å². The van der Waals surface area contributed by atoms with Crippen LogP contribution < -0.4 is 20.5 Å². The van der Waals surface area contributed by atoms with E-state index in [-0.39, 0.29) is 42.0 Å². The number of allylic oxidation sites excluding steroid dienone is 1. The summed E-state index contributed by atoms with van der Waals surface area (Å²) >= 11 is 13.9. The van der Waals surface area contributed by atoms with Crippen LogP contribution in [0.5, 0.6) is 0 Å². The summed E-state index contributed by atoms with van der Waals surface area (Å²) in [6, 6.07) is 21.2. The van der Waals surface area contributed by atoms with E-state index >= 15 is 0 Å². The lowest BCUT2D eigenvalue weighted by Crippen LogP contribution is -2.41. The van der Waals surface area contributed by atoms with Crippen LogP contribution in [0.2, 0.25) is 10.0 Å². The van der Waals surface area contributed by atoms with Crippen molar-refractivity contribution in [2.24, 2.45) is 5.73 Å². The maximum absolute atomic E-state index is 14.2. The molecule has 4 aromatic rings. The number of aromatic nitrogens is 1. The van der Waals surface area contributed by atoms with Crippen molar-refractivity contribution >= 4 is 67.8 Å². The summed E-state index contributed by atoms with van der Waals surface area (Å²) in [6.45, 7) is 1.65. The smallest absolute Gasteiger partial charge is 0.338 e. The fourth-order valence-corrected chi connectivity index (χ4v) is 7.85. The highest BCUT2D eigenvalue weighted by molar-refractivity contribution is 7.95. The van der Waals surface area contributed by atoms with E-state index in [1.165, 1.54) is 12.1 Å². The van der Waals surface area contributed by atoms with E-state index in [0.29, 0.717) is 16.1 Å². The number of sulfone groups is 1. The zero-order valence-corrected chi connectivity index (χ0v) is 24.2. The third-order valence-corrected chi connectivity index (χ3v) is 10.1. The van der Waals surface area contributed by atoms with Gasteiger partial charge >= 0.3 is 5.97 Å². The minimum Gasteiger partial charge on any atom is -0.463 e. The Bertz CT molecular complexity index is 1960. The molecule has 1 aliphatic heterocycles. The highest BCUT2D eigenvalue weighted by Gasteiger charge is 2.43. The number of ether oxygens (including phenoxy) is 1. The third kappa shape index (κ3) is 4.79. The molecule has 204 valence electrons. The van der Waals surface area contributed by atoms with Gasteiger partial charge in [-0.2, -0.15) is 0 Å². The zero-order valence-electron chi connectivity index (χ0n) is 21.0. The van der Waals surface area contributed by atoms with Gasteiger partial charge in [-0.1, -0.05) is 77.8 Å². The molecule has 0 bridgehead atoms. The van der Waals surface area contributed by atoms with Gasteiger partial charge in [-0.3, -0.25) is 9.36 Å². The Balaban J connectivity index is 1.96. The number of carbonyl (C=O) groups is 1. The van der Waals surface area contributed by atoms with E-state index in [0.717, 1.165) is 15.9 Å². The first-order valence-corrected chi connectivity index (χ1v) is 15.2. The van der Waals surface area contributed by atoms with Gasteiger partial charge in [-0.15, -0.1) is 11.3 Å². The number of hydrogen-bond acceptors (Lipinski definition) is 7. The topological polar surface area (TPSA) is 108 Å². The molecule has 0 radical (unpaired) electrons. The van der Waals surface area contributed by atoms with Crippen molar-refractivity contribution in [3.05, 3.63) is 124 Å². The number of thiazole rings is 1. The van der Waals surface area contributed by atoms with Crippen LogP contribution >= 0.6 is 34.5 Å². The van der Waals surface area contributed by atoms with E-state index in [1.807, 2.05) is 0 Å². The molecule has 11 heteroatoms. The molecule has 0 aliphatic carbocycles. The molecule has 7 nitrogen and oxygen atoms in total. The predicted octanol–water partition coefficient (Wildman–Crippen LogP) is 4.12. The number of halogens is 2. The molecular weight excluding hydrogens is 591 g/mol. The van der Waals surface area contributed by atoms with E-state index in [1.54, 1.807) is 79.7 Å². The normalized spacial score (nSPS) is 15.7. The molecule has 1 aromatic heterocycles. The van der Waals surface area contributed by atoms with Crippen molar-refractivity contribution < 1.29 is 17.9 Å². The summed E-state index contributed by atoms with van der Waals surface area (Å²) in [5, 5.41) is 0.635. The van der Waals surface area contributed by atoms with Crippen molar-refractivity contribution in [2.75, 3.05) is 6.61 Å². The lowest BCUT2D eigenvalue weighted by Gasteiger charge is -2.28. The van der Waals surface area contributed by atoms with Gasteiger partial charge < -0.3 is 10.5 Å². The molecule has 0 fully saturated rings. The number of hydrogen-bond donors (Lipinski definition) is 1. The van der Waals surface area contributed by atoms with Crippen molar-refractivity contribution in [1.82, 2.24) is 4.57 Å². The van der Waals surface area contributed by atoms with Crippen LogP contribution in [0, 0.1) is 0 Å². The molecule has 2 heterocycles. The van der Waals surface area contributed by atoms with Crippen LogP contribution in [0.15, 0.2) is 93.5 Å². The standard InChI is InChI=1S/C29H22Cl2N2O5S2/c1-2-38-29(35)24-23(19-13-7-9-15-21(19)31)25(40(36,37)18-11-4-3-5-12-18)26(32)33-27(34)22(39-28(24)33)16-17-10-6-8-14-20(17)30/h3-16,23H,2,32H2,1H3/b22-16+. The first-order valence-electron chi connectivity index (χ1n) is 12.1. The summed E-state index contributed by atoms with van der Waals surface area (Å²) < 4.78 is 35.2. The largest absolute Gasteiger partial charge is 0.463 e. The summed E-state index contributed by atoms with van der Waals surface area (Å²) in [6.07, 6.45) is 1.58. The summed E-state index contributed by atoms with van der Waals surface area (Å²) in [5.41, 5.74) is 6.83. The third-order valence-electron chi connectivity index (χ3n) is 6.34. The van der Waals surface area contributed by atoms with E-state index in [4.69, 9.17) is 33.7 Å². The number of benzene rings is 3. The lowest BCUT2D eigenvalue weighted by molar-refractivity contribution is -0.136. The van der Waals surface area contributed by atoms with Crippen molar-refractivity contribution in [3.8, 4) is 0 Å². The maximum Gasteiger partial charge on any atom is 0.338 e. The molecular formula is C29H22Cl2N2O5S2. The minimum absolute atomic E-state index is 0.0196. The molecule has 0 saturated heterocycles. The molecule has 0 saturated carbocycles. The average molecular weight is 614 g/mol. The number of nitrogens with two attached hydrogens (primary N) is 1. The van der Waals surface area contributed by atoms with E-state index in [2.05, 4.69) is 0 Å². The van der Waals surface area contributed by atoms with Crippen LogP contribution in [-0.2, 0) is 19.4 Å². The van der Waals surface area contributed by atoms with Gasteiger partial charge in [-0.05, 0) is 48.4 Å². The molecule has 1 unspecified atom stereocenters. The molecule has 3 aromatic carbocycles. The fraction of sp³-hybridized carbons (Fsp3) is 0.103. The first kappa shape index (κ1) is 27.9.